The molecule has 0 spiro atoms. The van der Waals surface area contributed by atoms with E-state index in [1.807, 2.05) is 0 Å². The molecule has 1 nitrogen and oxygen atoms in total. The van der Waals surface area contributed by atoms with Gasteiger partial charge in [-0.25, -0.2) is 8.78 Å². The van der Waals surface area contributed by atoms with Crippen molar-refractivity contribution in [2.75, 3.05) is 7.05 Å². The van der Waals surface area contributed by atoms with Crippen LogP contribution in [0, 0.1) is 30.4 Å². The second-order valence-electron chi connectivity index (χ2n) is 5.71. The zero-order valence-electron chi connectivity index (χ0n) is 12.0. The van der Waals surface area contributed by atoms with E-state index in [1.54, 1.807) is 14.0 Å². The maximum atomic E-state index is 14.3. The highest BCUT2D eigenvalue weighted by Gasteiger charge is 2.33. The number of nitrogens with one attached hydrogen (secondary N) is 1. The third kappa shape index (κ3) is 2.81. The molecule has 3 unspecified atom stereocenters. The number of benzene rings is 1. The molecule has 1 aliphatic rings. The van der Waals surface area contributed by atoms with E-state index >= 15 is 0 Å². The molecule has 0 aliphatic heterocycles. The Labute approximate surface area is 114 Å². The third-order valence-corrected chi connectivity index (χ3v) is 4.57. The summed E-state index contributed by atoms with van der Waals surface area (Å²) in [6, 6.07) is 2.67. The quantitative estimate of drug-likeness (QED) is 0.854. The highest BCUT2D eigenvalue weighted by atomic mass is 19.1. The summed E-state index contributed by atoms with van der Waals surface area (Å²) in [6.07, 6.45) is 4.45. The molecule has 1 fully saturated rings. The van der Waals surface area contributed by atoms with Crippen LogP contribution in [0.25, 0.3) is 0 Å². The Kier molecular flexibility index (Phi) is 4.56. The Bertz CT molecular complexity index is 445. The number of hydrogen-bond acceptors (Lipinski definition) is 1. The molecule has 19 heavy (non-hydrogen) atoms. The Hall–Kier alpha value is -0.960. The van der Waals surface area contributed by atoms with Gasteiger partial charge in [-0.15, -0.1) is 0 Å². The molecular formula is C16H23F2N. The van der Waals surface area contributed by atoms with E-state index in [0.29, 0.717) is 17.4 Å². The first-order valence-corrected chi connectivity index (χ1v) is 7.20. The topological polar surface area (TPSA) is 12.0 Å². The van der Waals surface area contributed by atoms with Gasteiger partial charge in [0.15, 0.2) is 0 Å². The molecule has 0 saturated heterocycles. The first-order chi connectivity index (χ1) is 9.08. The highest BCUT2D eigenvalue weighted by Crippen LogP contribution is 2.41. The van der Waals surface area contributed by atoms with E-state index in [4.69, 9.17) is 0 Å². The monoisotopic (exact) mass is 267 g/mol. The number of rotatable bonds is 4. The van der Waals surface area contributed by atoms with Gasteiger partial charge in [0.05, 0.1) is 0 Å². The van der Waals surface area contributed by atoms with Crippen LogP contribution in [0.15, 0.2) is 12.1 Å². The lowest BCUT2D eigenvalue weighted by atomic mass is 9.89. The van der Waals surface area contributed by atoms with Gasteiger partial charge in [0.2, 0.25) is 0 Å². The summed E-state index contributed by atoms with van der Waals surface area (Å²) in [4.78, 5) is 0. The third-order valence-electron chi connectivity index (χ3n) is 4.57. The Morgan fingerprint density at radius 3 is 2.63 bits per heavy atom. The van der Waals surface area contributed by atoms with Crippen LogP contribution in [0.1, 0.15) is 49.8 Å². The van der Waals surface area contributed by atoms with Gasteiger partial charge in [0, 0.05) is 11.6 Å². The van der Waals surface area contributed by atoms with Crippen molar-refractivity contribution in [3.05, 3.63) is 34.9 Å². The summed E-state index contributed by atoms with van der Waals surface area (Å²) >= 11 is 0. The Morgan fingerprint density at radius 1 is 1.32 bits per heavy atom. The van der Waals surface area contributed by atoms with E-state index in [-0.39, 0.29) is 17.4 Å². The number of aryl methyl sites for hydroxylation is 1. The normalized spacial score (nSPS) is 24.7. The van der Waals surface area contributed by atoms with Crippen LogP contribution >= 0.6 is 0 Å². The van der Waals surface area contributed by atoms with Crippen molar-refractivity contribution < 1.29 is 8.78 Å². The molecule has 106 valence electrons. The average molecular weight is 267 g/mol. The molecule has 1 aliphatic carbocycles. The van der Waals surface area contributed by atoms with Crippen molar-refractivity contribution >= 4 is 0 Å². The molecule has 1 aromatic carbocycles. The molecule has 0 radical (unpaired) electrons. The number of hydrogen-bond donors (Lipinski definition) is 1. The Morgan fingerprint density at radius 2 is 2.05 bits per heavy atom. The zero-order valence-corrected chi connectivity index (χ0v) is 12.0. The zero-order chi connectivity index (χ0) is 14.0. The minimum Gasteiger partial charge on any atom is -0.313 e. The largest absolute Gasteiger partial charge is 0.313 e. The molecule has 2 rings (SSSR count). The summed E-state index contributed by atoms with van der Waals surface area (Å²) < 4.78 is 28.3. The minimum atomic E-state index is -0.428. The molecule has 3 atom stereocenters. The lowest BCUT2D eigenvalue weighted by Crippen LogP contribution is -2.26. The first-order valence-electron chi connectivity index (χ1n) is 7.20. The van der Waals surface area contributed by atoms with E-state index < -0.39 is 5.82 Å². The van der Waals surface area contributed by atoms with Crippen molar-refractivity contribution in [2.45, 2.75) is 45.6 Å². The molecule has 0 amide bonds. The second kappa shape index (κ2) is 6.00. The predicted molar refractivity (Wildman–Crippen MR) is 74.0 cm³/mol. The molecule has 0 aromatic heterocycles. The molecular weight excluding hydrogens is 244 g/mol. The van der Waals surface area contributed by atoms with Crippen LogP contribution in [0.5, 0.6) is 0 Å². The lowest BCUT2D eigenvalue weighted by Gasteiger charge is -2.25. The van der Waals surface area contributed by atoms with Crippen LogP contribution < -0.4 is 5.32 Å². The van der Waals surface area contributed by atoms with Crippen molar-refractivity contribution in [2.24, 2.45) is 11.8 Å². The van der Waals surface area contributed by atoms with E-state index in [0.717, 1.165) is 19.3 Å². The van der Waals surface area contributed by atoms with Gasteiger partial charge in [-0.1, -0.05) is 25.8 Å². The van der Waals surface area contributed by atoms with Gasteiger partial charge in [0.1, 0.15) is 11.6 Å². The lowest BCUT2D eigenvalue weighted by molar-refractivity contribution is 0.350. The molecule has 1 N–H and O–H groups in total. The summed E-state index contributed by atoms with van der Waals surface area (Å²) in [5, 5.41) is 3.13. The fraction of sp³-hybridized carbons (Fsp3) is 0.625. The van der Waals surface area contributed by atoms with Gasteiger partial charge < -0.3 is 5.32 Å². The maximum absolute atomic E-state index is 14.3. The van der Waals surface area contributed by atoms with Gasteiger partial charge >= 0.3 is 0 Å². The van der Waals surface area contributed by atoms with Crippen molar-refractivity contribution in [1.82, 2.24) is 5.32 Å². The average Bonchev–Trinajstić information content (AvgIpc) is 2.87. The second-order valence-corrected chi connectivity index (χ2v) is 5.71. The van der Waals surface area contributed by atoms with Crippen LogP contribution in [0.4, 0.5) is 8.78 Å². The highest BCUT2D eigenvalue weighted by molar-refractivity contribution is 5.30. The molecule has 3 heteroatoms. The smallest absolute Gasteiger partial charge is 0.133 e. The molecule has 0 bridgehead atoms. The van der Waals surface area contributed by atoms with Crippen LogP contribution in [-0.4, -0.2) is 7.05 Å². The molecule has 1 saturated carbocycles. The molecule has 1 aromatic rings. The summed E-state index contributed by atoms with van der Waals surface area (Å²) in [7, 11) is 1.80. The van der Waals surface area contributed by atoms with Crippen molar-refractivity contribution in [1.29, 1.82) is 0 Å². The summed E-state index contributed by atoms with van der Waals surface area (Å²) in [6.45, 7) is 3.88. The van der Waals surface area contributed by atoms with Crippen LogP contribution in [-0.2, 0) is 0 Å². The maximum Gasteiger partial charge on any atom is 0.133 e. The fourth-order valence-corrected chi connectivity index (χ4v) is 3.37. The van der Waals surface area contributed by atoms with Crippen molar-refractivity contribution in [3.63, 3.8) is 0 Å². The first kappa shape index (κ1) is 14.4. The van der Waals surface area contributed by atoms with Crippen molar-refractivity contribution in [3.8, 4) is 0 Å². The van der Waals surface area contributed by atoms with E-state index in [2.05, 4.69) is 12.2 Å². The summed E-state index contributed by atoms with van der Waals surface area (Å²) in [5.74, 6) is 0.222. The van der Waals surface area contributed by atoms with Gasteiger partial charge in [-0.2, -0.15) is 0 Å². The van der Waals surface area contributed by atoms with E-state index in [1.165, 1.54) is 18.6 Å². The Balaban J connectivity index is 2.30. The SMILES string of the molecule is CCC1CCC(C(NC)c2c(F)ccc(C)c2F)C1. The fourth-order valence-electron chi connectivity index (χ4n) is 3.37. The predicted octanol–water partition coefficient (Wildman–Crippen LogP) is 4.36. The summed E-state index contributed by atoms with van der Waals surface area (Å²) in [5.41, 5.74) is 0.742. The van der Waals surface area contributed by atoms with Gasteiger partial charge in [0.25, 0.3) is 0 Å². The number of halogens is 2. The minimum absolute atomic E-state index is 0.212. The van der Waals surface area contributed by atoms with Crippen LogP contribution in [0.2, 0.25) is 0 Å². The van der Waals surface area contributed by atoms with Gasteiger partial charge in [-0.3, -0.25) is 0 Å². The van der Waals surface area contributed by atoms with E-state index in [9.17, 15) is 8.78 Å². The van der Waals surface area contributed by atoms with Crippen LogP contribution in [0.3, 0.4) is 0 Å². The van der Waals surface area contributed by atoms with Gasteiger partial charge in [-0.05, 0) is 50.3 Å². The standard InChI is InChI=1S/C16H23F2N/c1-4-11-6-7-12(9-11)16(19-3)14-13(17)8-5-10(2)15(14)18/h5,8,11-12,16,19H,4,6-7,9H2,1-3H3. The molecule has 0 heterocycles.